The van der Waals surface area contributed by atoms with E-state index in [4.69, 9.17) is 0 Å². The van der Waals surface area contributed by atoms with Gasteiger partial charge in [-0.3, -0.25) is 9.69 Å². The molecule has 0 spiro atoms. The molecule has 1 amide bonds. The molecule has 1 N–H and O–H groups in total. The highest BCUT2D eigenvalue weighted by Gasteiger charge is 2.32. The number of phenols is 1. The molecule has 1 aromatic rings. The maximum Gasteiger partial charge on any atom is 0.239 e. The summed E-state index contributed by atoms with van der Waals surface area (Å²) in [7, 11) is 0. The fraction of sp³-hybridized carbons (Fsp3) is 0.667. The number of likely N-dealkylation sites (N-methyl/N-ethyl adjacent to an activating group) is 1. The van der Waals surface area contributed by atoms with Gasteiger partial charge in [0.2, 0.25) is 5.91 Å². The van der Waals surface area contributed by atoms with E-state index in [0.717, 1.165) is 51.3 Å². The van der Waals surface area contributed by atoms with E-state index in [1.165, 1.54) is 19.3 Å². The Morgan fingerprint density at radius 1 is 1.15 bits per heavy atom. The molecule has 1 heterocycles. The summed E-state index contributed by atoms with van der Waals surface area (Å²) in [6, 6.07) is 7.87. The Morgan fingerprint density at radius 2 is 1.81 bits per heavy atom. The van der Waals surface area contributed by atoms with Crippen LogP contribution in [0.5, 0.6) is 5.75 Å². The van der Waals surface area contributed by atoms with E-state index < -0.39 is 0 Å². The molecule has 1 aromatic carbocycles. The summed E-state index contributed by atoms with van der Waals surface area (Å²) in [5.41, 5.74) is 0.892. The van der Waals surface area contributed by atoms with Crippen LogP contribution in [0.1, 0.15) is 46.0 Å². The number of phenolic OH excluding ortho intramolecular Hbond substituents is 1. The van der Waals surface area contributed by atoms with Gasteiger partial charge in [0.1, 0.15) is 5.75 Å². The predicted octanol–water partition coefficient (Wildman–Crippen LogP) is 3.08. The lowest BCUT2D eigenvalue weighted by atomic mass is 9.93. The second kappa shape index (κ2) is 8.76. The molecule has 5 nitrogen and oxygen atoms in total. The lowest BCUT2D eigenvalue weighted by Gasteiger charge is -2.41. The fourth-order valence-corrected chi connectivity index (χ4v) is 4.46. The minimum atomic E-state index is -0.0663. The number of hydrogen-bond acceptors (Lipinski definition) is 4. The number of para-hydroxylation sites is 2. The van der Waals surface area contributed by atoms with Crippen molar-refractivity contribution >= 4 is 11.6 Å². The molecule has 2 aliphatic rings. The van der Waals surface area contributed by atoms with Gasteiger partial charge in [0.05, 0.1) is 11.7 Å². The Labute approximate surface area is 157 Å². The van der Waals surface area contributed by atoms with E-state index in [2.05, 4.69) is 28.5 Å². The zero-order valence-electron chi connectivity index (χ0n) is 16.2. The highest BCUT2D eigenvalue weighted by molar-refractivity contribution is 5.81. The SMILES string of the molecule is CCN(C(=O)[C@@H](C)N1CCN(c2ccccc2O)CC1)C1CCCCC1. The molecule has 26 heavy (non-hydrogen) atoms. The van der Waals surface area contributed by atoms with Gasteiger partial charge in [0.25, 0.3) is 0 Å². The highest BCUT2D eigenvalue weighted by atomic mass is 16.3. The largest absolute Gasteiger partial charge is 0.506 e. The topological polar surface area (TPSA) is 47.0 Å². The van der Waals surface area contributed by atoms with Crippen LogP contribution in [0, 0.1) is 0 Å². The van der Waals surface area contributed by atoms with Gasteiger partial charge in [-0.2, -0.15) is 0 Å². The van der Waals surface area contributed by atoms with Crippen LogP contribution in [0.15, 0.2) is 24.3 Å². The van der Waals surface area contributed by atoms with Crippen LogP contribution < -0.4 is 4.90 Å². The van der Waals surface area contributed by atoms with Crippen molar-refractivity contribution in [2.45, 2.75) is 58.0 Å². The number of rotatable bonds is 5. The lowest BCUT2D eigenvalue weighted by molar-refractivity contribution is -0.139. The second-order valence-electron chi connectivity index (χ2n) is 7.60. The molecule has 2 fully saturated rings. The van der Waals surface area contributed by atoms with E-state index in [1.807, 2.05) is 18.2 Å². The van der Waals surface area contributed by atoms with E-state index >= 15 is 0 Å². The van der Waals surface area contributed by atoms with Gasteiger partial charge in [0, 0.05) is 38.8 Å². The summed E-state index contributed by atoms with van der Waals surface area (Å²) in [5.74, 6) is 0.620. The van der Waals surface area contributed by atoms with Crippen LogP contribution in [-0.4, -0.2) is 65.6 Å². The van der Waals surface area contributed by atoms with Crippen molar-refractivity contribution in [3.05, 3.63) is 24.3 Å². The summed E-state index contributed by atoms with van der Waals surface area (Å²) < 4.78 is 0. The molecular weight excluding hydrogens is 326 g/mol. The molecule has 0 unspecified atom stereocenters. The van der Waals surface area contributed by atoms with Crippen LogP contribution >= 0.6 is 0 Å². The third-order valence-corrected chi connectivity index (χ3v) is 6.08. The first-order valence-corrected chi connectivity index (χ1v) is 10.2. The van der Waals surface area contributed by atoms with Crippen molar-refractivity contribution in [1.82, 2.24) is 9.80 Å². The van der Waals surface area contributed by atoms with Gasteiger partial charge >= 0.3 is 0 Å². The molecule has 1 aliphatic heterocycles. The monoisotopic (exact) mass is 359 g/mol. The van der Waals surface area contributed by atoms with Gasteiger partial charge < -0.3 is 14.9 Å². The van der Waals surface area contributed by atoms with Crippen molar-refractivity contribution < 1.29 is 9.90 Å². The van der Waals surface area contributed by atoms with Crippen LogP contribution in [0.2, 0.25) is 0 Å². The van der Waals surface area contributed by atoms with E-state index in [9.17, 15) is 9.90 Å². The van der Waals surface area contributed by atoms with E-state index in [1.54, 1.807) is 6.07 Å². The Hall–Kier alpha value is -1.75. The molecular formula is C21H33N3O2. The number of carbonyl (C=O) groups excluding carboxylic acids is 1. The molecule has 1 saturated heterocycles. The molecule has 0 radical (unpaired) electrons. The smallest absolute Gasteiger partial charge is 0.239 e. The van der Waals surface area contributed by atoms with E-state index in [0.29, 0.717) is 11.8 Å². The molecule has 5 heteroatoms. The summed E-state index contributed by atoms with van der Waals surface area (Å²) in [6.45, 7) is 8.35. The standard InChI is InChI=1S/C21H33N3O2/c1-3-24(18-9-5-4-6-10-18)21(26)17(2)22-13-15-23(16-14-22)19-11-7-8-12-20(19)25/h7-8,11-12,17-18,25H,3-6,9-10,13-16H2,1-2H3/t17-/m1/s1. The van der Waals surface area contributed by atoms with Crippen LogP contribution in [0.25, 0.3) is 0 Å². The van der Waals surface area contributed by atoms with Gasteiger partial charge in [0.15, 0.2) is 0 Å². The molecule has 144 valence electrons. The molecule has 1 aliphatic carbocycles. The lowest BCUT2D eigenvalue weighted by Crippen LogP contribution is -2.56. The number of anilines is 1. The highest BCUT2D eigenvalue weighted by Crippen LogP contribution is 2.28. The normalized spacial score (nSPS) is 20.8. The van der Waals surface area contributed by atoms with Crippen molar-refractivity contribution in [3.8, 4) is 5.75 Å². The number of piperazine rings is 1. The zero-order valence-corrected chi connectivity index (χ0v) is 16.2. The first-order valence-electron chi connectivity index (χ1n) is 10.2. The average Bonchev–Trinajstić information content (AvgIpc) is 2.69. The van der Waals surface area contributed by atoms with Gasteiger partial charge in [-0.15, -0.1) is 0 Å². The van der Waals surface area contributed by atoms with Crippen LogP contribution in [-0.2, 0) is 4.79 Å². The quantitative estimate of drug-likeness (QED) is 0.878. The van der Waals surface area contributed by atoms with Crippen molar-refractivity contribution in [2.24, 2.45) is 0 Å². The summed E-state index contributed by atoms with van der Waals surface area (Å²) >= 11 is 0. The third-order valence-electron chi connectivity index (χ3n) is 6.08. The van der Waals surface area contributed by atoms with Crippen molar-refractivity contribution in [2.75, 3.05) is 37.6 Å². The zero-order chi connectivity index (χ0) is 18.5. The Morgan fingerprint density at radius 3 is 2.42 bits per heavy atom. The summed E-state index contributed by atoms with van der Waals surface area (Å²) in [6.07, 6.45) is 6.14. The van der Waals surface area contributed by atoms with Crippen LogP contribution in [0.4, 0.5) is 5.69 Å². The molecule has 1 saturated carbocycles. The summed E-state index contributed by atoms with van der Waals surface area (Å²) in [4.78, 5) is 19.7. The Bertz CT molecular complexity index is 593. The minimum Gasteiger partial charge on any atom is -0.506 e. The predicted molar refractivity (Wildman–Crippen MR) is 106 cm³/mol. The minimum absolute atomic E-state index is 0.0663. The van der Waals surface area contributed by atoms with Gasteiger partial charge in [-0.05, 0) is 38.8 Å². The van der Waals surface area contributed by atoms with Crippen molar-refractivity contribution in [3.63, 3.8) is 0 Å². The number of hydrogen-bond donors (Lipinski definition) is 1. The second-order valence-corrected chi connectivity index (χ2v) is 7.60. The first kappa shape index (κ1) is 19.0. The fourth-order valence-electron chi connectivity index (χ4n) is 4.46. The number of aromatic hydroxyl groups is 1. The van der Waals surface area contributed by atoms with Gasteiger partial charge in [-0.1, -0.05) is 31.4 Å². The number of carbonyl (C=O) groups is 1. The number of benzene rings is 1. The Kier molecular flexibility index (Phi) is 6.41. The average molecular weight is 360 g/mol. The van der Waals surface area contributed by atoms with E-state index in [-0.39, 0.29) is 11.9 Å². The molecule has 0 aromatic heterocycles. The van der Waals surface area contributed by atoms with Gasteiger partial charge in [-0.25, -0.2) is 0 Å². The molecule has 0 bridgehead atoms. The summed E-state index contributed by atoms with van der Waals surface area (Å²) in [5, 5.41) is 10.1. The number of amides is 1. The molecule has 3 rings (SSSR count). The van der Waals surface area contributed by atoms with Crippen LogP contribution in [0.3, 0.4) is 0 Å². The van der Waals surface area contributed by atoms with Crippen molar-refractivity contribution in [1.29, 1.82) is 0 Å². The maximum absolute atomic E-state index is 13.1. The maximum atomic E-state index is 13.1. The first-order chi connectivity index (χ1) is 12.6. The third kappa shape index (κ3) is 4.14. The number of nitrogens with zero attached hydrogens (tertiary/aromatic N) is 3. The Balaban J connectivity index is 1.57. The molecule has 1 atom stereocenters.